The summed E-state index contributed by atoms with van der Waals surface area (Å²) in [5, 5.41) is 0. The van der Waals surface area contributed by atoms with Crippen LogP contribution in [0.1, 0.15) is 84.5 Å². The fraction of sp³-hybridized carbons (Fsp3) is 0.889. The van der Waals surface area contributed by atoms with Crippen molar-refractivity contribution in [2.75, 3.05) is 6.61 Å². The van der Waals surface area contributed by atoms with Gasteiger partial charge in [-0.05, 0) is 69.8 Å². The van der Waals surface area contributed by atoms with Gasteiger partial charge in [0, 0.05) is 5.92 Å². The van der Waals surface area contributed by atoms with E-state index in [0.29, 0.717) is 0 Å². The summed E-state index contributed by atoms with van der Waals surface area (Å²) >= 11 is 0. The third-order valence-corrected chi connectivity index (χ3v) is 5.02. The van der Waals surface area contributed by atoms with Crippen molar-refractivity contribution in [1.82, 2.24) is 0 Å². The first kappa shape index (κ1) is 14.9. The molecule has 0 radical (unpaired) electrons. The molecule has 0 aromatic rings. The predicted octanol–water partition coefficient (Wildman–Crippen LogP) is 5.85. The Bertz CT molecular complexity index is 276. The van der Waals surface area contributed by atoms with Crippen molar-refractivity contribution in [3.05, 3.63) is 11.3 Å². The molecule has 2 saturated carbocycles. The van der Waals surface area contributed by atoms with Crippen LogP contribution in [0.15, 0.2) is 11.3 Å². The van der Waals surface area contributed by atoms with Gasteiger partial charge in [-0.25, -0.2) is 0 Å². The summed E-state index contributed by atoms with van der Waals surface area (Å²) in [5.41, 5.74) is 1.67. The van der Waals surface area contributed by atoms with Crippen LogP contribution in [0.25, 0.3) is 0 Å². The van der Waals surface area contributed by atoms with E-state index < -0.39 is 0 Å². The molecule has 0 heterocycles. The van der Waals surface area contributed by atoms with Crippen molar-refractivity contribution < 1.29 is 4.74 Å². The molecule has 2 rings (SSSR count). The van der Waals surface area contributed by atoms with Crippen molar-refractivity contribution in [3.63, 3.8) is 0 Å². The second kappa shape index (κ2) is 7.97. The van der Waals surface area contributed by atoms with E-state index in [9.17, 15) is 0 Å². The van der Waals surface area contributed by atoms with Gasteiger partial charge in [0.25, 0.3) is 0 Å². The Kier molecular flexibility index (Phi) is 6.26. The fourth-order valence-electron chi connectivity index (χ4n) is 4.01. The van der Waals surface area contributed by atoms with Crippen molar-refractivity contribution in [2.45, 2.75) is 84.5 Å². The topological polar surface area (TPSA) is 9.23 Å². The molecular formula is C18H32O. The summed E-state index contributed by atoms with van der Waals surface area (Å²) in [6.07, 6.45) is 15.2. The zero-order valence-electron chi connectivity index (χ0n) is 13.0. The molecule has 0 spiro atoms. The van der Waals surface area contributed by atoms with Crippen molar-refractivity contribution >= 4 is 0 Å². The molecule has 0 bridgehead atoms. The molecule has 0 amide bonds. The second-order valence-corrected chi connectivity index (χ2v) is 6.47. The molecule has 0 aliphatic heterocycles. The highest BCUT2D eigenvalue weighted by Gasteiger charge is 2.26. The lowest BCUT2D eigenvalue weighted by molar-refractivity contribution is 0.151. The maximum atomic E-state index is 6.10. The van der Waals surface area contributed by atoms with E-state index in [1.165, 1.54) is 76.4 Å². The van der Waals surface area contributed by atoms with Crippen LogP contribution in [0, 0.1) is 11.8 Å². The van der Waals surface area contributed by atoms with Crippen LogP contribution in [-0.4, -0.2) is 6.61 Å². The van der Waals surface area contributed by atoms with E-state index in [2.05, 4.69) is 13.8 Å². The van der Waals surface area contributed by atoms with E-state index in [1.54, 1.807) is 5.57 Å². The molecule has 0 N–H and O–H groups in total. The second-order valence-electron chi connectivity index (χ2n) is 6.47. The number of hydrogen-bond donors (Lipinski definition) is 0. The van der Waals surface area contributed by atoms with Crippen LogP contribution in [0.3, 0.4) is 0 Å². The van der Waals surface area contributed by atoms with Gasteiger partial charge in [-0.15, -0.1) is 0 Å². The minimum absolute atomic E-state index is 0.751. The molecule has 2 aliphatic rings. The first-order chi connectivity index (χ1) is 9.35. The van der Waals surface area contributed by atoms with Gasteiger partial charge in [0.05, 0.1) is 12.4 Å². The first-order valence-corrected chi connectivity index (χ1v) is 8.69. The van der Waals surface area contributed by atoms with E-state index >= 15 is 0 Å². The molecule has 0 aromatic heterocycles. The Hall–Kier alpha value is -0.460. The smallest absolute Gasteiger partial charge is 0.0982 e. The van der Waals surface area contributed by atoms with E-state index in [4.69, 9.17) is 4.74 Å². The van der Waals surface area contributed by atoms with Gasteiger partial charge >= 0.3 is 0 Å². The summed E-state index contributed by atoms with van der Waals surface area (Å²) < 4.78 is 6.10. The third-order valence-electron chi connectivity index (χ3n) is 5.02. The Balaban J connectivity index is 1.96. The van der Waals surface area contributed by atoms with Gasteiger partial charge in [-0.2, -0.15) is 0 Å². The Labute approximate surface area is 119 Å². The van der Waals surface area contributed by atoms with Gasteiger partial charge in [0.1, 0.15) is 0 Å². The molecule has 0 atom stereocenters. The summed E-state index contributed by atoms with van der Waals surface area (Å²) in [6, 6.07) is 0. The van der Waals surface area contributed by atoms with Gasteiger partial charge in [-0.1, -0.05) is 26.2 Å². The van der Waals surface area contributed by atoms with Gasteiger partial charge in [0.2, 0.25) is 0 Å². The summed E-state index contributed by atoms with van der Waals surface area (Å²) in [6.45, 7) is 5.32. The maximum absolute atomic E-state index is 6.10. The minimum atomic E-state index is 0.751. The monoisotopic (exact) mass is 264 g/mol. The lowest BCUT2D eigenvalue weighted by atomic mass is 9.77. The quantitative estimate of drug-likeness (QED) is 0.566. The third kappa shape index (κ3) is 4.26. The SMILES string of the molecule is CCC[C@H]1CC[C@H](C(OCC)=C2CCCCC2)CC1. The van der Waals surface area contributed by atoms with E-state index in [1.807, 2.05) is 0 Å². The van der Waals surface area contributed by atoms with Gasteiger partial charge < -0.3 is 4.74 Å². The largest absolute Gasteiger partial charge is 0.498 e. The Morgan fingerprint density at radius 3 is 2.26 bits per heavy atom. The Morgan fingerprint density at radius 1 is 1.00 bits per heavy atom. The average molecular weight is 264 g/mol. The summed E-state index contributed by atoms with van der Waals surface area (Å²) in [4.78, 5) is 0. The van der Waals surface area contributed by atoms with Crippen LogP contribution in [0.2, 0.25) is 0 Å². The molecule has 2 fully saturated rings. The fourth-order valence-corrected chi connectivity index (χ4v) is 4.01. The highest BCUT2D eigenvalue weighted by molar-refractivity contribution is 5.14. The highest BCUT2D eigenvalue weighted by atomic mass is 16.5. The number of rotatable bonds is 5. The number of ether oxygens (including phenoxy) is 1. The van der Waals surface area contributed by atoms with E-state index in [0.717, 1.165) is 18.4 Å². The summed E-state index contributed by atoms with van der Waals surface area (Å²) in [7, 11) is 0. The lowest BCUT2D eigenvalue weighted by Gasteiger charge is -2.32. The molecule has 0 unspecified atom stereocenters. The predicted molar refractivity (Wildman–Crippen MR) is 82.1 cm³/mol. The normalized spacial score (nSPS) is 28.2. The molecular weight excluding hydrogens is 232 g/mol. The zero-order valence-corrected chi connectivity index (χ0v) is 13.0. The number of allylic oxidation sites excluding steroid dienone is 2. The number of hydrogen-bond acceptors (Lipinski definition) is 1. The van der Waals surface area contributed by atoms with Gasteiger partial charge in [0.15, 0.2) is 0 Å². The molecule has 0 aromatic carbocycles. The molecule has 1 heteroatoms. The zero-order chi connectivity index (χ0) is 13.5. The summed E-state index contributed by atoms with van der Waals surface area (Å²) in [5.74, 6) is 3.18. The maximum Gasteiger partial charge on any atom is 0.0982 e. The van der Waals surface area contributed by atoms with Crippen LogP contribution in [0.4, 0.5) is 0 Å². The molecule has 19 heavy (non-hydrogen) atoms. The van der Waals surface area contributed by atoms with Crippen LogP contribution in [0.5, 0.6) is 0 Å². The first-order valence-electron chi connectivity index (χ1n) is 8.69. The van der Waals surface area contributed by atoms with Crippen LogP contribution in [-0.2, 0) is 4.74 Å². The standard InChI is InChI=1S/C18H32O/c1-3-8-15-11-13-17(14-12-15)18(19-4-2)16-9-6-5-7-10-16/h15,17H,3-14H2,1-2H3/t15-,17-. The lowest BCUT2D eigenvalue weighted by Crippen LogP contribution is -2.19. The van der Waals surface area contributed by atoms with E-state index in [-0.39, 0.29) is 0 Å². The molecule has 110 valence electrons. The minimum Gasteiger partial charge on any atom is -0.498 e. The van der Waals surface area contributed by atoms with Crippen molar-refractivity contribution in [2.24, 2.45) is 11.8 Å². The Morgan fingerprint density at radius 2 is 1.68 bits per heavy atom. The molecule has 0 saturated heterocycles. The van der Waals surface area contributed by atoms with Gasteiger partial charge in [-0.3, -0.25) is 0 Å². The van der Waals surface area contributed by atoms with Crippen molar-refractivity contribution in [3.8, 4) is 0 Å². The van der Waals surface area contributed by atoms with Crippen LogP contribution < -0.4 is 0 Å². The van der Waals surface area contributed by atoms with Crippen molar-refractivity contribution in [1.29, 1.82) is 0 Å². The molecule has 1 nitrogen and oxygen atoms in total. The molecule has 2 aliphatic carbocycles. The average Bonchev–Trinajstić information content (AvgIpc) is 2.47. The highest BCUT2D eigenvalue weighted by Crippen LogP contribution is 2.39. The van der Waals surface area contributed by atoms with Crippen LogP contribution >= 0.6 is 0 Å².